The number of nitrogens with one attached hydrogen (secondary N) is 3. The number of halogens is 1. The molecule has 27 heavy (non-hydrogen) atoms. The quantitative estimate of drug-likeness (QED) is 0.216. The van der Waals surface area contributed by atoms with Crippen molar-refractivity contribution in [3.05, 3.63) is 35.9 Å². The summed E-state index contributed by atoms with van der Waals surface area (Å²) < 4.78 is 0. The molecular formula is C20H36IN5O. The van der Waals surface area contributed by atoms with Gasteiger partial charge in [0.2, 0.25) is 5.91 Å². The van der Waals surface area contributed by atoms with Crippen LogP contribution in [0.4, 0.5) is 0 Å². The molecule has 7 heteroatoms. The average molecular weight is 489 g/mol. The van der Waals surface area contributed by atoms with Crippen molar-refractivity contribution >= 4 is 35.8 Å². The fourth-order valence-corrected chi connectivity index (χ4v) is 2.48. The first kappa shape index (κ1) is 25.6. The lowest BCUT2D eigenvalue weighted by atomic mass is 10.1. The maximum atomic E-state index is 11.9. The highest BCUT2D eigenvalue weighted by Gasteiger charge is 2.13. The molecule has 1 amide bonds. The lowest BCUT2D eigenvalue weighted by Gasteiger charge is -2.20. The Balaban J connectivity index is 0.00000676. The third kappa shape index (κ3) is 13.5. The van der Waals surface area contributed by atoms with Crippen LogP contribution in [0.2, 0.25) is 0 Å². The van der Waals surface area contributed by atoms with Crippen LogP contribution in [0.25, 0.3) is 0 Å². The number of rotatable bonds is 9. The third-order valence-corrected chi connectivity index (χ3v) is 3.54. The second kappa shape index (κ2) is 13.8. The largest absolute Gasteiger partial charge is 0.357 e. The van der Waals surface area contributed by atoms with E-state index in [1.54, 1.807) is 0 Å². The van der Waals surface area contributed by atoms with Gasteiger partial charge in [-0.05, 0) is 53.3 Å². The van der Waals surface area contributed by atoms with E-state index < -0.39 is 0 Å². The molecule has 154 valence electrons. The molecule has 0 bridgehead atoms. The van der Waals surface area contributed by atoms with Crippen molar-refractivity contribution in [2.45, 2.75) is 46.2 Å². The molecule has 0 fully saturated rings. The van der Waals surface area contributed by atoms with E-state index in [1.807, 2.05) is 33.8 Å². The van der Waals surface area contributed by atoms with Crippen LogP contribution in [0.3, 0.4) is 0 Å². The van der Waals surface area contributed by atoms with E-state index in [9.17, 15) is 4.79 Å². The summed E-state index contributed by atoms with van der Waals surface area (Å²) in [4.78, 5) is 18.5. The number of hydrogen-bond acceptors (Lipinski definition) is 3. The summed E-state index contributed by atoms with van der Waals surface area (Å²) in [5, 5.41) is 9.38. The van der Waals surface area contributed by atoms with Gasteiger partial charge in [-0.2, -0.15) is 0 Å². The Morgan fingerprint density at radius 2 is 1.81 bits per heavy atom. The van der Waals surface area contributed by atoms with Gasteiger partial charge in [-0.3, -0.25) is 4.79 Å². The second-order valence-corrected chi connectivity index (χ2v) is 7.50. The maximum absolute atomic E-state index is 11.9. The SMILES string of the molecule is CCNC(=NCC(=O)NC(C)(C)C)NCCCN(C)Cc1ccccc1.I. The van der Waals surface area contributed by atoms with Gasteiger partial charge in [0.15, 0.2) is 5.96 Å². The zero-order valence-electron chi connectivity index (χ0n) is 17.3. The summed E-state index contributed by atoms with van der Waals surface area (Å²) in [6.07, 6.45) is 1.00. The number of aliphatic imine (C=N–C) groups is 1. The highest BCUT2D eigenvalue weighted by molar-refractivity contribution is 14.0. The summed E-state index contributed by atoms with van der Waals surface area (Å²) >= 11 is 0. The molecule has 0 heterocycles. The molecule has 0 aliphatic carbocycles. The second-order valence-electron chi connectivity index (χ2n) is 7.50. The Kier molecular flexibility index (Phi) is 13.1. The predicted octanol–water partition coefficient (Wildman–Crippen LogP) is 2.60. The number of amides is 1. The minimum absolute atomic E-state index is 0. The lowest BCUT2D eigenvalue weighted by molar-refractivity contribution is -0.121. The summed E-state index contributed by atoms with van der Waals surface area (Å²) in [6, 6.07) is 10.5. The van der Waals surface area contributed by atoms with E-state index in [2.05, 4.69) is 57.2 Å². The van der Waals surface area contributed by atoms with Gasteiger partial charge in [-0.25, -0.2) is 4.99 Å². The van der Waals surface area contributed by atoms with Crippen molar-refractivity contribution in [1.82, 2.24) is 20.9 Å². The highest BCUT2D eigenvalue weighted by atomic mass is 127. The van der Waals surface area contributed by atoms with Crippen molar-refractivity contribution < 1.29 is 4.79 Å². The molecule has 1 rings (SSSR count). The molecule has 0 aliphatic heterocycles. The topological polar surface area (TPSA) is 68.8 Å². The number of benzene rings is 1. The summed E-state index contributed by atoms with van der Waals surface area (Å²) in [5.74, 6) is 0.611. The summed E-state index contributed by atoms with van der Waals surface area (Å²) in [5.41, 5.74) is 1.09. The van der Waals surface area contributed by atoms with Crippen LogP contribution in [0, 0.1) is 0 Å². The lowest BCUT2D eigenvalue weighted by Crippen LogP contribution is -2.43. The number of carbonyl (C=O) groups excluding carboxylic acids is 1. The molecule has 0 aromatic heterocycles. The monoisotopic (exact) mass is 489 g/mol. The molecule has 0 saturated carbocycles. The molecule has 0 saturated heterocycles. The third-order valence-electron chi connectivity index (χ3n) is 3.54. The van der Waals surface area contributed by atoms with E-state index in [-0.39, 0.29) is 42.0 Å². The van der Waals surface area contributed by atoms with Gasteiger partial charge in [0, 0.05) is 25.2 Å². The van der Waals surface area contributed by atoms with Crippen LogP contribution in [0.5, 0.6) is 0 Å². The average Bonchev–Trinajstić information content (AvgIpc) is 2.55. The predicted molar refractivity (Wildman–Crippen MR) is 125 cm³/mol. The van der Waals surface area contributed by atoms with Crippen LogP contribution in [-0.2, 0) is 11.3 Å². The van der Waals surface area contributed by atoms with Gasteiger partial charge in [-0.15, -0.1) is 24.0 Å². The van der Waals surface area contributed by atoms with E-state index >= 15 is 0 Å². The first-order valence-electron chi connectivity index (χ1n) is 9.36. The molecule has 0 radical (unpaired) electrons. The maximum Gasteiger partial charge on any atom is 0.242 e. The van der Waals surface area contributed by atoms with Crippen LogP contribution < -0.4 is 16.0 Å². The Bertz CT molecular complexity index is 557. The molecule has 0 atom stereocenters. The Labute approximate surface area is 181 Å². The van der Waals surface area contributed by atoms with Crippen molar-refractivity contribution in [2.24, 2.45) is 4.99 Å². The van der Waals surface area contributed by atoms with E-state index in [4.69, 9.17) is 0 Å². The zero-order chi connectivity index (χ0) is 19.4. The summed E-state index contributed by atoms with van der Waals surface area (Å²) in [6.45, 7) is 11.5. The van der Waals surface area contributed by atoms with Crippen molar-refractivity contribution in [1.29, 1.82) is 0 Å². The van der Waals surface area contributed by atoms with Crippen LogP contribution >= 0.6 is 24.0 Å². The van der Waals surface area contributed by atoms with Gasteiger partial charge in [-0.1, -0.05) is 30.3 Å². The fourth-order valence-electron chi connectivity index (χ4n) is 2.48. The van der Waals surface area contributed by atoms with Crippen molar-refractivity contribution in [3.63, 3.8) is 0 Å². The Morgan fingerprint density at radius 1 is 1.15 bits per heavy atom. The number of carbonyl (C=O) groups is 1. The van der Waals surface area contributed by atoms with E-state index in [0.29, 0.717) is 5.96 Å². The minimum atomic E-state index is -0.234. The Hall–Kier alpha value is -1.35. The summed E-state index contributed by atoms with van der Waals surface area (Å²) in [7, 11) is 2.13. The molecule has 1 aromatic rings. The standard InChI is InChI=1S/C20H35N5O.HI/c1-6-21-19(23-15-18(26)24-20(2,3)4)22-13-10-14-25(5)16-17-11-8-7-9-12-17;/h7-9,11-12H,6,10,13-16H2,1-5H3,(H,24,26)(H2,21,22,23);1H. The highest BCUT2D eigenvalue weighted by Crippen LogP contribution is 2.02. The smallest absolute Gasteiger partial charge is 0.242 e. The molecular weight excluding hydrogens is 453 g/mol. The van der Waals surface area contributed by atoms with Crippen molar-refractivity contribution in [2.75, 3.05) is 33.2 Å². The minimum Gasteiger partial charge on any atom is -0.357 e. The number of nitrogens with zero attached hydrogens (tertiary/aromatic N) is 2. The number of guanidine groups is 1. The van der Waals surface area contributed by atoms with Crippen LogP contribution in [-0.4, -0.2) is 55.5 Å². The van der Waals surface area contributed by atoms with Crippen LogP contribution in [0.15, 0.2) is 35.3 Å². The normalized spacial score (nSPS) is 11.7. The first-order chi connectivity index (χ1) is 12.3. The van der Waals surface area contributed by atoms with Gasteiger partial charge in [0.05, 0.1) is 0 Å². The van der Waals surface area contributed by atoms with Gasteiger partial charge in [0.25, 0.3) is 0 Å². The van der Waals surface area contributed by atoms with Gasteiger partial charge >= 0.3 is 0 Å². The van der Waals surface area contributed by atoms with Gasteiger partial charge in [0.1, 0.15) is 6.54 Å². The van der Waals surface area contributed by atoms with Crippen molar-refractivity contribution in [3.8, 4) is 0 Å². The molecule has 6 nitrogen and oxygen atoms in total. The molecule has 0 spiro atoms. The first-order valence-corrected chi connectivity index (χ1v) is 9.36. The molecule has 0 aliphatic rings. The molecule has 1 aromatic carbocycles. The fraction of sp³-hybridized carbons (Fsp3) is 0.600. The zero-order valence-corrected chi connectivity index (χ0v) is 19.7. The van der Waals surface area contributed by atoms with Gasteiger partial charge < -0.3 is 20.9 Å². The van der Waals surface area contributed by atoms with E-state index in [1.165, 1.54) is 5.56 Å². The van der Waals surface area contributed by atoms with E-state index in [0.717, 1.165) is 32.6 Å². The molecule has 0 unspecified atom stereocenters. The molecule has 3 N–H and O–H groups in total. The number of hydrogen-bond donors (Lipinski definition) is 3. The Morgan fingerprint density at radius 3 is 2.41 bits per heavy atom. The van der Waals surface area contributed by atoms with Crippen LogP contribution in [0.1, 0.15) is 39.7 Å².